The monoisotopic (exact) mass is 264 g/mol. The molecule has 4 nitrogen and oxygen atoms in total. The number of carbonyl (C=O) groups is 2. The third-order valence-electron chi connectivity index (χ3n) is 2.93. The summed E-state index contributed by atoms with van der Waals surface area (Å²) in [6, 6.07) is 1.77. The fourth-order valence-corrected chi connectivity index (χ4v) is 1.74. The van der Waals surface area contributed by atoms with Crippen molar-refractivity contribution in [2.75, 3.05) is 6.54 Å². The van der Waals surface area contributed by atoms with E-state index in [9.17, 15) is 9.59 Å². The minimum atomic E-state index is -0.0179. The number of ketones is 1. The van der Waals surface area contributed by atoms with Crippen LogP contribution in [0.3, 0.4) is 0 Å². The van der Waals surface area contributed by atoms with E-state index < -0.39 is 0 Å². The predicted molar refractivity (Wildman–Crippen MR) is 76.1 cm³/mol. The number of rotatable bonds is 7. The predicted octanol–water partition coefficient (Wildman–Crippen LogP) is 2.49. The second kappa shape index (κ2) is 7.12. The molecule has 0 unspecified atom stereocenters. The molecule has 0 aliphatic carbocycles. The van der Waals surface area contributed by atoms with Gasteiger partial charge in [0.25, 0.3) is 0 Å². The molecule has 1 aromatic heterocycles. The van der Waals surface area contributed by atoms with E-state index >= 15 is 0 Å². The Labute approximate surface area is 115 Å². The Morgan fingerprint density at radius 2 is 1.95 bits per heavy atom. The van der Waals surface area contributed by atoms with Crippen molar-refractivity contribution < 1.29 is 9.59 Å². The van der Waals surface area contributed by atoms with Crippen molar-refractivity contribution in [2.45, 2.75) is 40.7 Å². The van der Waals surface area contributed by atoms with E-state index in [1.807, 2.05) is 13.8 Å². The van der Waals surface area contributed by atoms with Gasteiger partial charge in [0.15, 0.2) is 5.78 Å². The van der Waals surface area contributed by atoms with Gasteiger partial charge in [-0.15, -0.1) is 0 Å². The molecule has 0 aromatic carbocycles. The van der Waals surface area contributed by atoms with Crippen LogP contribution in [0.4, 0.5) is 0 Å². The van der Waals surface area contributed by atoms with Crippen LogP contribution < -0.4 is 5.32 Å². The molecule has 0 radical (unpaired) electrons. The third kappa shape index (κ3) is 5.28. The minimum absolute atomic E-state index is 0.0141. The first-order valence-corrected chi connectivity index (χ1v) is 6.86. The largest absolute Gasteiger partial charge is 0.355 e. The smallest absolute Gasteiger partial charge is 0.239 e. The molecule has 1 heterocycles. The molecular weight excluding hydrogens is 240 g/mol. The van der Waals surface area contributed by atoms with E-state index in [0.29, 0.717) is 18.0 Å². The Kier molecular flexibility index (Phi) is 5.80. The summed E-state index contributed by atoms with van der Waals surface area (Å²) < 4.78 is 1.75. The summed E-state index contributed by atoms with van der Waals surface area (Å²) in [6.45, 7) is 8.97. The molecule has 106 valence electrons. The average Bonchev–Trinajstić information content (AvgIpc) is 2.75. The summed E-state index contributed by atoms with van der Waals surface area (Å²) >= 11 is 0. The Bertz CT molecular complexity index is 433. The van der Waals surface area contributed by atoms with Gasteiger partial charge in [-0.1, -0.05) is 27.7 Å². The Morgan fingerprint density at radius 3 is 2.53 bits per heavy atom. The van der Waals surface area contributed by atoms with Crippen LogP contribution in [0, 0.1) is 11.8 Å². The molecule has 0 aliphatic heterocycles. The Balaban J connectivity index is 2.45. The van der Waals surface area contributed by atoms with Crippen molar-refractivity contribution in [3.05, 3.63) is 24.0 Å². The number of nitrogens with zero attached hydrogens (tertiary/aromatic N) is 1. The van der Waals surface area contributed by atoms with Gasteiger partial charge < -0.3 is 9.88 Å². The van der Waals surface area contributed by atoms with Crippen molar-refractivity contribution >= 4 is 11.7 Å². The summed E-state index contributed by atoms with van der Waals surface area (Å²) in [5.74, 6) is 0.664. The van der Waals surface area contributed by atoms with Crippen LogP contribution in [-0.4, -0.2) is 22.8 Å². The Hall–Kier alpha value is -1.58. The Morgan fingerprint density at radius 1 is 1.26 bits per heavy atom. The standard InChI is InChI=1S/C15H24N2O2/c1-11(2)5-7-16-14(18)10-17-8-6-13(9-17)15(19)12(3)4/h6,8-9,11-12H,5,7,10H2,1-4H3,(H,16,18). The first-order chi connectivity index (χ1) is 8.90. The summed E-state index contributed by atoms with van der Waals surface area (Å²) in [5, 5.41) is 2.88. The summed E-state index contributed by atoms with van der Waals surface area (Å²) in [5.41, 5.74) is 0.671. The van der Waals surface area contributed by atoms with Crippen LogP contribution in [0.2, 0.25) is 0 Å². The number of Topliss-reactive ketones (excluding diaryl/α,β-unsaturated/α-hetero) is 1. The first-order valence-electron chi connectivity index (χ1n) is 6.86. The first kappa shape index (κ1) is 15.5. The van der Waals surface area contributed by atoms with Gasteiger partial charge in [0.2, 0.25) is 5.91 Å². The molecule has 19 heavy (non-hydrogen) atoms. The van der Waals surface area contributed by atoms with E-state index in [1.165, 1.54) is 0 Å². The van der Waals surface area contributed by atoms with E-state index in [0.717, 1.165) is 6.42 Å². The molecule has 1 amide bonds. The lowest BCUT2D eigenvalue weighted by Gasteiger charge is -2.07. The molecule has 1 N–H and O–H groups in total. The molecule has 0 saturated heterocycles. The van der Waals surface area contributed by atoms with Gasteiger partial charge in [-0.25, -0.2) is 0 Å². The zero-order valence-corrected chi connectivity index (χ0v) is 12.3. The lowest BCUT2D eigenvalue weighted by Crippen LogP contribution is -2.28. The molecule has 0 atom stereocenters. The summed E-state index contributed by atoms with van der Waals surface area (Å²) in [4.78, 5) is 23.5. The number of hydrogen-bond acceptors (Lipinski definition) is 2. The average molecular weight is 264 g/mol. The number of aromatic nitrogens is 1. The van der Waals surface area contributed by atoms with Gasteiger partial charge in [0, 0.05) is 30.4 Å². The molecule has 4 heteroatoms. The van der Waals surface area contributed by atoms with Crippen LogP contribution in [0.25, 0.3) is 0 Å². The highest BCUT2D eigenvalue weighted by molar-refractivity contribution is 5.97. The van der Waals surface area contributed by atoms with Crippen LogP contribution in [0.15, 0.2) is 18.5 Å². The van der Waals surface area contributed by atoms with Gasteiger partial charge in [-0.05, 0) is 18.4 Å². The number of amides is 1. The van der Waals surface area contributed by atoms with Crippen LogP contribution >= 0.6 is 0 Å². The molecule has 1 rings (SSSR count). The summed E-state index contributed by atoms with van der Waals surface area (Å²) in [7, 11) is 0. The van der Waals surface area contributed by atoms with Crippen molar-refractivity contribution in [1.29, 1.82) is 0 Å². The molecule has 0 saturated carbocycles. The molecule has 0 spiro atoms. The summed E-state index contributed by atoms with van der Waals surface area (Å²) in [6.07, 6.45) is 4.50. The minimum Gasteiger partial charge on any atom is -0.355 e. The lowest BCUT2D eigenvalue weighted by molar-refractivity contribution is -0.121. The fourth-order valence-electron chi connectivity index (χ4n) is 1.74. The van der Waals surface area contributed by atoms with Gasteiger partial charge in [-0.3, -0.25) is 9.59 Å². The second-order valence-electron chi connectivity index (χ2n) is 5.62. The van der Waals surface area contributed by atoms with Gasteiger partial charge in [-0.2, -0.15) is 0 Å². The van der Waals surface area contributed by atoms with Crippen molar-refractivity contribution in [1.82, 2.24) is 9.88 Å². The maximum Gasteiger partial charge on any atom is 0.239 e. The zero-order chi connectivity index (χ0) is 14.4. The number of nitrogens with one attached hydrogen (secondary N) is 1. The molecule has 0 fully saturated rings. The second-order valence-corrected chi connectivity index (χ2v) is 5.62. The highest BCUT2D eigenvalue weighted by Crippen LogP contribution is 2.08. The zero-order valence-electron chi connectivity index (χ0n) is 12.3. The maximum absolute atomic E-state index is 11.8. The maximum atomic E-state index is 11.8. The van der Waals surface area contributed by atoms with Gasteiger partial charge in [0.05, 0.1) is 0 Å². The van der Waals surface area contributed by atoms with Crippen molar-refractivity contribution in [3.63, 3.8) is 0 Å². The molecule has 0 bridgehead atoms. The topological polar surface area (TPSA) is 51.1 Å². The molecule has 0 aliphatic rings. The van der Waals surface area contributed by atoms with E-state index in [-0.39, 0.29) is 24.2 Å². The number of hydrogen-bond donors (Lipinski definition) is 1. The van der Waals surface area contributed by atoms with Crippen molar-refractivity contribution in [2.24, 2.45) is 11.8 Å². The third-order valence-corrected chi connectivity index (χ3v) is 2.93. The quantitative estimate of drug-likeness (QED) is 0.769. The normalized spacial score (nSPS) is 11.1. The fraction of sp³-hybridized carbons (Fsp3) is 0.600. The van der Waals surface area contributed by atoms with Crippen LogP contribution in [0.5, 0.6) is 0 Å². The van der Waals surface area contributed by atoms with E-state index in [4.69, 9.17) is 0 Å². The highest BCUT2D eigenvalue weighted by Gasteiger charge is 2.12. The van der Waals surface area contributed by atoms with Crippen molar-refractivity contribution in [3.8, 4) is 0 Å². The highest BCUT2D eigenvalue weighted by atomic mass is 16.2. The van der Waals surface area contributed by atoms with Gasteiger partial charge in [0.1, 0.15) is 6.54 Å². The molecule has 1 aromatic rings. The number of carbonyl (C=O) groups excluding carboxylic acids is 2. The van der Waals surface area contributed by atoms with Crippen LogP contribution in [-0.2, 0) is 11.3 Å². The lowest BCUT2D eigenvalue weighted by atomic mass is 10.0. The molecular formula is C15H24N2O2. The van der Waals surface area contributed by atoms with E-state index in [2.05, 4.69) is 19.2 Å². The SMILES string of the molecule is CC(C)CCNC(=O)Cn1ccc(C(=O)C(C)C)c1. The van der Waals surface area contributed by atoms with Crippen LogP contribution in [0.1, 0.15) is 44.5 Å². The van der Waals surface area contributed by atoms with E-state index in [1.54, 1.807) is 23.0 Å². The van der Waals surface area contributed by atoms with Gasteiger partial charge >= 0.3 is 0 Å².